The summed E-state index contributed by atoms with van der Waals surface area (Å²) in [5.41, 5.74) is 6.15. The van der Waals surface area contributed by atoms with Crippen molar-refractivity contribution < 1.29 is 9.84 Å². The lowest BCUT2D eigenvalue weighted by Gasteiger charge is -2.12. The lowest BCUT2D eigenvalue weighted by Crippen LogP contribution is -1.93. The molecule has 3 rings (SSSR count). The predicted octanol–water partition coefficient (Wildman–Crippen LogP) is 4.22. The van der Waals surface area contributed by atoms with Crippen LogP contribution in [0.3, 0.4) is 0 Å². The number of aromatic nitrogens is 1. The van der Waals surface area contributed by atoms with E-state index < -0.39 is 0 Å². The van der Waals surface area contributed by atoms with Crippen LogP contribution in [0.15, 0.2) is 60.8 Å². The van der Waals surface area contributed by atoms with Crippen molar-refractivity contribution in [1.29, 1.82) is 0 Å². The molecule has 0 bridgehead atoms. The molecular formula is C20H19NO2. The van der Waals surface area contributed by atoms with Crippen LogP contribution < -0.4 is 4.74 Å². The molecule has 0 saturated heterocycles. The van der Waals surface area contributed by atoms with E-state index in [-0.39, 0.29) is 6.61 Å². The first-order valence-electron chi connectivity index (χ1n) is 7.52. The fraction of sp³-hybridized carbons (Fsp3) is 0.150. The first-order valence-corrected chi connectivity index (χ1v) is 7.52. The molecule has 0 saturated carbocycles. The summed E-state index contributed by atoms with van der Waals surface area (Å²) in [6.07, 6.45) is 1.71. The molecule has 116 valence electrons. The van der Waals surface area contributed by atoms with Gasteiger partial charge in [-0.1, -0.05) is 35.9 Å². The number of benzene rings is 2. The number of aliphatic hydroxyl groups excluding tert-OH is 1. The van der Waals surface area contributed by atoms with Gasteiger partial charge < -0.3 is 9.84 Å². The van der Waals surface area contributed by atoms with E-state index in [0.717, 1.165) is 22.4 Å². The van der Waals surface area contributed by atoms with Gasteiger partial charge in [-0.25, -0.2) is 0 Å². The minimum absolute atomic E-state index is 0.0757. The third-order valence-corrected chi connectivity index (χ3v) is 3.84. The molecular weight excluding hydrogens is 286 g/mol. The first kappa shape index (κ1) is 15.3. The Morgan fingerprint density at radius 3 is 2.52 bits per heavy atom. The number of hydrogen-bond acceptors (Lipinski definition) is 3. The van der Waals surface area contributed by atoms with E-state index >= 15 is 0 Å². The van der Waals surface area contributed by atoms with Crippen LogP contribution in [0.4, 0.5) is 0 Å². The molecule has 1 heterocycles. The molecule has 0 fully saturated rings. The summed E-state index contributed by atoms with van der Waals surface area (Å²) < 4.78 is 5.50. The number of pyridine rings is 1. The monoisotopic (exact) mass is 305 g/mol. The van der Waals surface area contributed by atoms with Gasteiger partial charge in [0.15, 0.2) is 0 Å². The highest BCUT2D eigenvalue weighted by molar-refractivity contribution is 5.78. The molecule has 3 aromatic rings. The molecule has 2 aromatic carbocycles. The van der Waals surface area contributed by atoms with E-state index in [4.69, 9.17) is 4.74 Å². The van der Waals surface area contributed by atoms with E-state index in [1.165, 1.54) is 11.1 Å². The van der Waals surface area contributed by atoms with Gasteiger partial charge in [0.25, 0.3) is 0 Å². The van der Waals surface area contributed by atoms with E-state index in [1.54, 1.807) is 13.3 Å². The summed E-state index contributed by atoms with van der Waals surface area (Å²) in [6, 6.07) is 18.4. The average molecular weight is 305 g/mol. The predicted molar refractivity (Wildman–Crippen MR) is 92.3 cm³/mol. The molecule has 0 unspecified atom stereocenters. The Kier molecular flexibility index (Phi) is 4.40. The zero-order valence-corrected chi connectivity index (χ0v) is 13.3. The molecule has 0 aliphatic carbocycles. The summed E-state index contributed by atoms with van der Waals surface area (Å²) >= 11 is 0. The van der Waals surface area contributed by atoms with Crippen LogP contribution >= 0.6 is 0 Å². The zero-order valence-electron chi connectivity index (χ0n) is 13.3. The minimum Gasteiger partial charge on any atom is -0.496 e. The van der Waals surface area contributed by atoms with Crippen molar-refractivity contribution in [2.75, 3.05) is 7.11 Å². The van der Waals surface area contributed by atoms with Gasteiger partial charge in [-0.3, -0.25) is 4.98 Å². The Bertz CT molecular complexity index is 827. The van der Waals surface area contributed by atoms with Gasteiger partial charge in [-0.2, -0.15) is 0 Å². The van der Waals surface area contributed by atoms with Crippen molar-refractivity contribution >= 4 is 0 Å². The smallest absolute Gasteiger partial charge is 0.126 e. The molecule has 3 heteroatoms. The number of aryl methyl sites for hydroxylation is 1. The number of rotatable bonds is 4. The molecule has 1 N–H and O–H groups in total. The Hall–Kier alpha value is -2.65. The molecule has 0 spiro atoms. The van der Waals surface area contributed by atoms with E-state index in [2.05, 4.69) is 48.3 Å². The maximum Gasteiger partial charge on any atom is 0.126 e. The number of hydrogen-bond donors (Lipinski definition) is 1. The highest BCUT2D eigenvalue weighted by atomic mass is 16.5. The quantitative estimate of drug-likeness (QED) is 0.784. The second-order valence-electron chi connectivity index (χ2n) is 5.48. The van der Waals surface area contributed by atoms with Gasteiger partial charge in [-0.15, -0.1) is 0 Å². The maximum absolute atomic E-state index is 9.30. The minimum atomic E-state index is -0.0757. The highest BCUT2D eigenvalue weighted by Crippen LogP contribution is 2.34. The summed E-state index contributed by atoms with van der Waals surface area (Å²) in [6.45, 7) is 2.01. The van der Waals surface area contributed by atoms with Crippen LogP contribution in [0.2, 0.25) is 0 Å². The third-order valence-electron chi connectivity index (χ3n) is 3.84. The van der Waals surface area contributed by atoms with Crippen molar-refractivity contribution in [2.45, 2.75) is 13.5 Å². The van der Waals surface area contributed by atoms with Crippen LogP contribution in [-0.2, 0) is 6.61 Å². The fourth-order valence-corrected chi connectivity index (χ4v) is 2.67. The van der Waals surface area contributed by atoms with Crippen LogP contribution in [0.1, 0.15) is 11.3 Å². The van der Waals surface area contributed by atoms with Crippen LogP contribution in [0.5, 0.6) is 5.75 Å². The topological polar surface area (TPSA) is 42.4 Å². The summed E-state index contributed by atoms with van der Waals surface area (Å²) in [4.78, 5) is 4.14. The average Bonchev–Trinajstić information content (AvgIpc) is 2.61. The number of nitrogens with zero attached hydrogens (tertiary/aromatic N) is 1. The molecule has 0 atom stereocenters. The Morgan fingerprint density at radius 2 is 1.78 bits per heavy atom. The van der Waals surface area contributed by atoms with Gasteiger partial charge in [-0.05, 0) is 47.9 Å². The lowest BCUT2D eigenvalue weighted by molar-refractivity contribution is 0.277. The van der Waals surface area contributed by atoms with Crippen molar-refractivity contribution in [2.24, 2.45) is 0 Å². The number of ether oxygens (including phenoxy) is 1. The number of aliphatic hydroxyl groups is 1. The lowest BCUT2D eigenvalue weighted by atomic mass is 9.97. The van der Waals surface area contributed by atoms with Gasteiger partial charge in [0.2, 0.25) is 0 Å². The Labute approximate surface area is 136 Å². The van der Waals surface area contributed by atoms with Gasteiger partial charge in [0.1, 0.15) is 5.75 Å². The van der Waals surface area contributed by atoms with E-state index in [0.29, 0.717) is 5.69 Å². The number of methoxy groups -OCH3 is 1. The third kappa shape index (κ3) is 3.25. The van der Waals surface area contributed by atoms with Gasteiger partial charge in [0.05, 0.1) is 19.4 Å². The molecule has 0 aliphatic rings. The normalized spacial score (nSPS) is 10.6. The molecule has 0 amide bonds. The van der Waals surface area contributed by atoms with Gasteiger partial charge in [0, 0.05) is 11.8 Å². The second kappa shape index (κ2) is 6.63. The SMILES string of the molecule is COc1ccc(-c2cccc(C)c2)cc1-c1ccnc(CO)c1. The zero-order chi connectivity index (χ0) is 16.2. The maximum atomic E-state index is 9.30. The van der Waals surface area contributed by atoms with Crippen LogP contribution in [0, 0.1) is 6.92 Å². The van der Waals surface area contributed by atoms with Crippen LogP contribution in [-0.4, -0.2) is 17.2 Å². The van der Waals surface area contributed by atoms with Crippen molar-refractivity contribution in [3.05, 3.63) is 72.1 Å². The summed E-state index contributed by atoms with van der Waals surface area (Å²) in [5, 5.41) is 9.30. The Balaban J connectivity index is 2.13. The second-order valence-corrected chi connectivity index (χ2v) is 5.48. The largest absolute Gasteiger partial charge is 0.496 e. The van der Waals surface area contributed by atoms with Crippen molar-refractivity contribution in [3.8, 4) is 28.0 Å². The van der Waals surface area contributed by atoms with Crippen molar-refractivity contribution in [3.63, 3.8) is 0 Å². The molecule has 0 aliphatic heterocycles. The molecule has 0 radical (unpaired) electrons. The van der Waals surface area contributed by atoms with E-state index in [9.17, 15) is 5.11 Å². The van der Waals surface area contributed by atoms with Crippen molar-refractivity contribution in [1.82, 2.24) is 4.98 Å². The van der Waals surface area contributed by atoms with E-state index in [1.807, 2.05) is 18.2 Å². The summed E-state index contributed by atoms with van der Waals surface area (Å²) in [5.74, 6) is 0.802. The first-order chi connectivity index (χ1) is 11.2. The standard InChI is InChI=1S/C20H19NO2/c1-14-4-3-5-15(10-14)16-6-7-20(23-2)19(12-16)17-8-9-21-18(11-17)13-22/h3-12,22H,13H2,1-2H3. The molecule has 3 nitrogen and oxygen atoms in total. The highest BCUT2D eigenvalue weighted by Gasteiger charge is 2.09. The summed E-state index contributed by atoms with van der Waals surface area (Å²) in [7, 11) is 1.67. The van der Waals surface area contributed by atoms with Gasteiger partial charge >= 0.3 is 0 Å². The molecule has 1 aromatic heterocycles. The fourth-order valence-electron chi connectivity index (χ4n) is 2.67. The molecule has 23 heavy (non-hydrogen) atoms. The van der Waals surface area contributed by atoms with Crippen LogP contribution in [0.25, 0.3) is 22.3 Å². The Morgan fingerprint density at radius 1 is 0.957 bits per heavy atom.